The van der Waals surface area contributed by atoms with E-state index in [1.54, 1.807) is 0 Å². The van der Waals surface area contributed by atoms with Crippen LogP contribution in [-0.2, 0) is 9.59 Å². The lowest BCUT2D eigenvalue weighted by atomic mass is 10.1. The van der Waals surface area contributed by atoms with Crippen LogP contribution in [0.2, 0.25) is 0 Å². The minimum absolute atomic E-state index is 0.202. The topological polar surface area (TPSA) is 66.5 Å². The van der Waals surface area contributed by atoms with Crippen molar-refractivity contribution < 1.29 is 14.4 Å². The molecule has 82 valence electrons. The monoisotopic (exact) mass is 228 g/mol. The molecule has 0 aromatic heterocycles. The van der Waals surface area contributed by atoms with Crippen LogP contribution in [0.1, 0.15) is 19.8 Å². The Bertz CT molecular complexity index is 331. The van der Waals surface area contributed by atoms with Crippen LogP contribution in [0.15, 0.2) is 0 Å². The van der Waals surface area contributed by atoms with Crippen LogP contribution in [0.4, 0.5) is 4.79 Å². The molecule has 1 N–H and O–H groups in total. The van der Waals surface area contributed by atoms with Crippen LogP contribution >= 0.6 is 11.8 Å². The molecule has 3 amide bonds. The first-order valence-electron chi connectivity index (χ1n) is 4.95. The lowest BCUT2D eigenvalue weighted by Crippen LogP contribution is -2.62. The van der Waals surface area contributed by atoms with Crippen molar-refractivity contribution in [1.82, 2.24) is 10.2 Å². The molecule has 0 aliphatic carbocycles. The van der Waals surface area contributed by atoms with Gasteiger partial charge in [0.25, 0.3) is 11.1 Å². The first-order valence-corrected chi connectivity index (χ1v) is 5.94. The van der Waals surface area contributed by atoms with E-state index in [1.165, 1.54) is 0 Å². The Balaban J connectivity index is 2.21. The fraction of sp³-hybridized carbons (Fsp3) is 0.667. The van der Waals surface area contributed by atoms with Crippen LogP contribution in [0.25, 0.3) is 0 Å². The smallest absolute Gasteiger partial charge is 0.289 e. The lowest BCUT2D eigenvalue weighted by Gasteiger charge is -2.32. The second-order valence-electron chi connectivity index (χ2n) is 3.65. The molecule has 2 fully saturated rings. The van der Waals surface area contributed by atoms with Crippen molar-refractivity contribution in [3.05, 3.63) is 0 Å². The number of carbonyl (C=O) groups is 3. The Morgan fingerprint density at radius 3 is 2.87 bits per heavy atom. The summed E-state index contributed by atoms with van der Waals surface area (Å²) < 4.78 is 0. The normalized spacial score (nSPS) is 30.5. The van der Waals surface area contributed by atoms with E-state index in [9.17, 15) is 14.4 Å². The van der Waals surface area contributed by atoms with E-state index in [2.05, 4.69) is 5.32 Å². The zero-order valence-electron chi connectivity index (χ0n) is 8.36. The lowest BCUT2D eigenvalue weighted by molar-refractivity contribution is -0.144. The largest absolute Gasteiger partial charge is 0.342 e. The zero-order valence-corrected chi connectivity index (χ0v) is 9.17. The minimum atomic E-state index is -0.580. The Kier molecular flexibility index (Phi) is 2.68. The number of thioether (sulfide) groups is 1. The van der Waals surface area contributed by atoms with E-state index in [-0.39, 0.29) is 17.1 Å². The molecule has 6 heteroatoms. The van der Waals surface area contributed by atoms with Crippen molar-refractivity contribution >= 4 is 28.8 Å². The first kappa shape index (κ1) is 10.5. The van der Waals surface area contributed by atoms with Gasteiger partial charge in [-0.2, -0.15) is 0 Å². The fourth-order valence-electron chi connectivity index (χ4n) is 1.84. The van der Waals surface area contributed by atoms with E-state index in [4.69, 9.17) is 0 Å². The standard InChI is InChI=1S/C9H12N2O3S/c1-2-3-5-8(13)11-6(7(12)10-5)4-15-9(11)14/h5-6H,2-4H2,1H3,(H,10,12). The fourth-order valence-corrected chi connectivity index (χ4v) is 2.80. The summed E-state index contributed by atoms with van der Waals surface area (Å²) in [4.78, 5) is 35.9. The van der Waals surface area contributed by atoms with Crippen LogP contribution in [0.3, 0.4) is 0 Å². The molecule has 2 saturated heterocycles. The third-order valence-corrected chi connectivity index (χ3v) is 3.53. The van der Waals surface area contributed by atoms with Gasteiger partial charge >= 0.3 is 0 Å². The van der Waals surface area contributed by atoms with Crippen LogP contribution in [-0.4, -0.2) is 39.8 Å². The predicted octanol–water partition coefficient (Wildman–Crippen LogP) is 0.349. The summed E-state index contributed by atoms with van der Waals surface area (Å²) in [6.45, 7) is 1.94. The Morgan fingerprint density at radius 2 is 2.20 bits per heavy atom. The molecule has 2 heterocycles. The quantitative estimate of drug-likeness (QED) is 0.740. The Morgan fingerprint density at radius 1 is 1.47 bits per heavy atom. The van der Waals surface area contributed by atoms with Gasteiger partial charge in [-0.3, -0.25) is 19.3 Å². The molecule has 0 aromatic rings. The Hall–Kier alpha value is -1.04. The van der Waals surface area contributed by atoms with Crippen molar-refractivity contribution in [2.24, 2.45) is 0 Å². The second-order valence-corrected chi connectivity index (χ2v) is 4.62. The third kappa shape index (κ3) is 1.62. The highest BCUT2D eigenvalue weighted by Crippen LogP contribution is 2.28. The number of nitrogens with one attached hydrogen (secondary N) is 1. The maximum absolute atomic E-state index is 11.8. The number of hydrogen-bond donors (Lipinski definition) is 1. The van der Waals surface area contributed by atoms with Crippen LogP contribution < -0.4 is 5.32 Å². The summed E-state index contributed by atoms with van der Waals surface area (Å²) in [5, 5.41) is 2.37. The van der Waals surface area contributed by atoms with Crippen LogP contribution in [0.5, 0.6) is 0 Å². The number of imide groups is 1. The predicted molar refractivity (Wildman–Crippen MR) is 55.3 cm³/mol. The Labute approximate surface area is 91.6 Å². The number of carbonyl (C=O) groups excluding carboxylic acids is 3. The van der Waals surface area contributed by atoms with Gasteiger partial charge in [0, 0.05) is 5.75 Å². The molecular weight excluding hydrogens is 216 g/mol. The van der Waals surface area contributed by atoms with Gasteiger partial charge in [0.1, 0.15) is 12.1 Å². The second kappa shape index (κ2) is 3.84. The summed E-state index contributed by atoms with van der Waals surface area (Å²) in [5.74, 6) is -0.0715. The maximum atomic E-state index is 11.8. The van der Waals surface area contributed by atoms with Gasteiger partial charge in [0.2, 0.25) is 5.91 Å². The van der Waals surface area contributed by atoms with E-state index < -0.39 is 12.1 Å². The number of fused-ring (bicyclic) bond motifs is 1. The van der Waals surface area contributed by atoms with Gasteiger partial charge < -0.3 is 5.32 Å². The van der Waals surface area contributed by atoms with E-state index in [1.807, 2.05) is 6.92 Å². The van der Waals surface area contributed by atoms with Gasteiger partial charge in [-0.1, -0.05) is 25.1 Å². The first-order chi connectivity index (χ1) is 7.15. The van der Waals surface area contributed by atoms with Crippen LogP contribution in [0, 0.1) is 0 Å². The molecule has 0 bridgehead atoms. The number of piperazine rings is 1. The number of hydrogen-bond acceptors (Lipinski definition) is 4. The van der Waals surface area contributed by atoms with Crippen molar-refractivity contribution in [3.63, 3.8) is 0 Å². The molecule has 0 spiro atoms. The molecule has 2 aliphatic heterocycles. The maximum Gasteiger partial charge on any atom is 0.289 e. The highest BCUT2D eigenvalue weighted by Gasteiger charge is 2.47. The molecule has 15 heavy (non-hydrogen) atoms. The van der Waals surface area contributed by atoms with Gasteiger partial charge in [-0.15, -0.1) is 0 Å². The molecule has 2 atom stereocenters. The van der Waals surface area contributed by atoms with Gasteiger partial charge in [0.15, 0.2) is 0 Å². The summed E-state index contributed by atoms with van der Waals surface area (Å²) in [6.07, 6.45) is 1.39. The molecular formula is C9H12N2O3S. The third-order valence-electron chi connectivity index (χ3n) is 2.61. The summed E-state index contributed by atoms with van der Waals surface area (Å²) in [5.41, 5.74) is 0. The zero-order chi connectivity index (χ0) is 11.0. The van der Waals surface area contributed by atoms with E-state index >= 15 is 0 Å². The molecule has 0 radical (unpaired) electrons. The molecule has 0 aromatic carbocycles. The molecule has 2 aliphatic rings. The number of rotatable bonds is 2. The minimum Gasteiger partial charge on any atom is -0.342 e. The van der Waals surface area contributed by atoms with Gasteiger partial charge in [-0.25, -0.2) is 0 Å². The van der Waals surface area contributed by atoms with Crippen molar-refractivity contribution in [3.8, 4) is 0 Å². The molecule has 2 rings (SSSR count). The highest BCUT2D eigenvalue weighted by atomic mass is 32.2. The van der Waals surface area contributed by atoms with Crippen molar-refractivity contribution in [2.75, 3.05) is 5.75 Å². The summed E-state index contributed by atoms with van der Waals surface area (Å²) in [7, 11) is 0. The van der Waals surface area contributed by atoms with E-state index in [0.29, 0.717) is 12.2 Å². The summed E-state index contributed by atoms with van der Waals surface area (Å²) in [6, 6.07) is -1.09. The molecule has 5 nitrogen and oxygen atoms in total. The summed E-state index contributed by atoms with van der Waals surface area (Å²) >= 11 is 1.04. The average molecular weight is 228 g/mol. The average Bonchev–Trinajstić information content (AvgIpc) is 2.57. The molecule has 2 unspecified atom stereocenters. The molecule has 0 saturated carbocycles. The van der Waals surface area contributed by atoms with Gasteiger partial charge in [0.05, 0.1) is 0 Å². The van der Waals surface area contributed by atoms with E-state index in [0.717, 1.165) is 23.1 Å². The highest BCUT2D eigenvalue weighted by molar-refractivity contribution is 8.14. The van der Waals surface area contributed by atoms with Crippen molar-refractivity contribution in [2.45, 2.75) is 31.8 Å². The van der Waals surface area contributed by atoms with Gasteiger partial charge in [-0.05, 0) is 6.42 Å². The SMILES string of the molecule is CCCC1NC(=O)C2CSC(=O)N2C1=O. The van der Waals surface area contributed by atoms with Crippen molar-refractivity contribution in [1.29, 1.82) is 0 Å². The number of amides is 3. The number of nitrogens with zero attached hydrogens (tertiary/aromatic N) is 1.